The number of nitrogens with zero attached hydrogens (tertiary/aromatic N) is 1. The predicted molar refractivity (Wildman–Crippen MR) is 80.4 cm³/mol. The fraction of sp³-hybridized carbons (Fsp3) is 0.125. The maximum atomic E-state index is 11.9. The van der Waals surface area contributed by atoms with Crippen LogP contribution in [0.25, 0.3) is 17.1 Å². The Hall–Kier alpha value is -2.82. The van der Waals surface area contributed by atoms with Crippen LogP contribution in [-0.2, 0) is 4.79 Å². The van der Waals surface area contributed by atoms with Gasteiger partial charge in [-0.3, -0.25) is 4.79 Å². The number of amides is 1. The highest BCUT2D eigenvalue weighted by molar-refractivity contribution is 5.91. The molecule has 1 atom stereocenters. The summed E-state index contributed by atoms with van der Waals surface area (Å²) in [5.74, 6) is 1.18. The Bertz CT molecular complexity index is 739. The van der Waals surface area contributed by atoms with Crippen molar-refractivity contribution in [3.05, 3.63) is 60.3 Å². The van der Waals surface area contributed by atoms with E-state index < -0.39 is 0 Å². The highest BCUT2D eigenvalue weighted by atomic mass is 16.3. The number of aromatic nitrogens is 2. The Morgan fingerprint density at radius 2 is 2.19 bits per heavy atom. The third kappa shape index (κ3) is 3.02. The molecule has 2 N–H and O–H groups in total. The van der Waals surface area contributed by atoms with E-state index in [9.17, 15) is 4.79 Å². The average Bonchev–Trinajstić information content (AvgIpc) is 3.14. The molecule has 0 unspecified atom stereocenters. The predicted octanol–water partition coefficient (Wildman–Crippen LogP) is 3.05. The Kier molecular flexibility index (Phi) is 3.55. The van der Waals surface area contributed by atoms with Crippen LogP contribution in [0.3, 0.4) is 0 Å². The first-order valence-electron chi connectivity index (χ1n) is 6.69. The molecule has 5 nitrogen and oxygen atoms in total. The number of hydrogen-bond donors (Lipinski definition) is 2. The molecular formula is C16H15N3O2. The molecule has 3 aromatic rings. The molecule has 1 aromatic carbocycles. The van der Waals surface area contributed by atoms with E-state index in [4.69, 9.17) is 4.42 Å². The summed E-state index contributed by atoms with van der Waals surface area (Å²) in [6.07, 6.45) is 4.63. The number of rotatable bonds is 4. The monoisotopic (exact) mass is 281 g/mol. The minimum Gasteiger partial charge on any atom is -0.465 e. The molecule has 0 radical (unpaired) electrons. The molecule has 106 valence electrons. The van der Waals surface area contributed by atoms with Crippen LogP contribution in [0.1, 0.15) is 24.6 Å². The van der Waals surface area contributed by atoms with Gasteiger partial charge in [0.25, 0.3) is 0 Å². The van der Waals surface area contributed by atoms with Gasteiger partial charge in [0.1, 0.15) is 11.6 Å². The standard InChI is InChI=1S/C16H15N3O2/c1-11(16-18-13-6-2-3-7-14(13)19-16)17-15(20)9-8-12-5-4-10-21-12/h2-11H,1H3,(H,17,20)(H,18,19)/b9-8+/t11-/m1/s1. The Labute approximate surface area is 121 Å². The molecule has 1 amide bonds. The minimum atomic E-state index is -0.203. The van der Waals surface area contributed by atoms with Crippen LogP contribution >= 0.6 is 0 Å². The van der Waals surface area contributed by atoms with E-state index in [0.717, 1.165) is 16.9 Å². The zero-order valence-corrected chi connectivity index (χ0v) is 11.5. The summed E-state index contributed by atoms with van der Waals surface area (Å²) in [4.78, 5) is 19.5. The molecule has 0 aliphatic rings. The van der Waals surface area contributed by atoms with Gasteiger partial charge in [-0.25, -0.2) is 4.98 Å². The molecule has 0 aliphatic carbocycles. The number of benzene rings is 1. The third-order valence-corrected chi connectivity index (χ3v) is 3.12. The number of nitrogens with one attached hydrogen (secondary N) is 2. The Morgan fingerprint density at radius 1 is 1.33 bits per heavy atom. The number of carbonyl (C=O) groups excluding carboxylic acids is 1. The van der Waals surface area contributed by atoms with Gasteiger partial charge in [0.05, 0.1) is 23.3 Å². The first-order chi connectivity index (χ1) is 10.2. The number of para-hydroxylation sites is 2. The van der Waals surface area contributed by atoms with E-state index in [1.54, 1.807) is 24.5 Å². The zero-order chi connectivity index (χ0) is 14.7. The Balaban J connectivity index is 1.67. The van der Waals surface area contributed by atoms with Crippen LogP contribution in [0.15, 0.2) is 53.2 Å². The van der Waals surface area contributed by atoms with Crippen molar-refractivity contribution in [3.8, 4) is 0 Å². The van der Waals surface area contributed by atoms with E-state index in [1.807, 2.05) is 31.2 Å². The first kappa shape index (κ1) is 13.2. The molecule has 0 fully saturated rings. The van der Waals surface area contributed by atoms with Crippen molar-refractivity contribution in [2.45, 2.75) is 13.0 Å². The molecule has 0 bridgehead atoms. The lowest BCUT2D eigenvalue weighted by molar-refractivity contribution is -0.117. The van der Waals surface area contributed by atoms with Crippen LogP contribution in [0.5, 0.6) is 0 Å². The number of carbonyl (C=O) groups is 1. The first-order valence-corrected chi connectivity index (χ1v) is 6.69. The summed E-state index contributed by atoms with van der Waals surface area (Å²) in [6.45, 7) is 1.89. The fourth-order valence-electron chi connectivity index (χ4n) is 2.05. The average molecular weight is 281 g/mol. The molecule has 0 saturated carbocycles. The van der Waals surface area contributed by atoms with E-state index in [2.05, 4.69) is 15.3 Å². The van der Waals surface area contributed by atoms with Gasteiger partial charge in [-0.1, -0.05) is 12.1 Å². The lowest BCUT2D eigenvalue weighted by Crippen LogP contribution is -2.25. The van der Waals surface area contributed by atoms with Gasteiger partial charge in [0.15, 0.2) is 0 Å². The number of imidazole rings is 1. The molecule has 0 saturated heterocycles. The topological polar surface area (TPSA) is 70.9 Å². The minimum absolute atomic E-state index is 0.195. The molecule has 0 spiro atoms. The summed E-state index contributed by atoms with van der Waals surface area (Å²) in [6, 6.07) is 11.1. The van der Waals surface area contributed by atoms with E-state index >= 15 is 0 Å². The Morgan fingerprint density at radius 3 is 2.95 bits per heavy atom. The van der Waals surface area contributed by atoms with Crippen LogP contribution in [0, 0.1) is 0 Å². The van der Waals surface area contributed by atoms with Gasteiger partial charge in [-0.05, 0) is 37.3 Å². The van der Waals surface area contributed by atoms with Crippen LogP contribution in [-0.4, -0.2) is 15.9 Å². The smallest absolute Gasteiger partial charge is 0.244 e. The van der Waals surface area contributed by atoms with Crippen LogP contribution in [0.2, 0.25) is 0 Å². The van der Waals surface area contributed by atoms with Crippen molar-refractivity contribution in [1.82, 2.24) is 15.3 Å². The van der Waals surface area contributed by atoms with E-state index in [0.29, 0.717) is 5.76 Å². The van der Waals surface area contributed by atoms with E-state index in [-0.39, 0.29) is 11.9 Å². The van der Waals surface area contributed by atoms with Gasteiger partial charge < -0.3 is 14.7 Å². The number of aromatic amines is 1. The SMILES string of the molecule is C[C@@H](NC(=O)/C=C/c1ccco1)c1nc2ccccc2[nH]1. The lowest BCUT2D eigenvalue weighted by Gasteiger charge is -2.08. The van der Waals surface area contributed by atoms with Crippen LogP contribution < -0.4 is 5.32 Å². The van der Waals surface area contributed by atoms with Crippen molar-refractivity contribution in [2.75, 3.05) is 0 Å². The molecule has 2 aromatic heterocycles. The second-order valence-electron chi connectivity index (χ2n) is 4.72. The summed E-state index contributed by atoms with van der Waals surface area (Å²) in [5, 5.41) is 2.86. The van der Waals surface area contributed by atoms with Crippen molar-refractivity contribution in [1.29, 1.82) is 0 Å². The van der Waals surface area contributed by atoms with Gasteiger partial charge in [-0.15, -0.1) is 0 Å². The number of fused-ring (bicyclic) bond motifs is 1. The molecule has 5 heteroatoms. The summed E-state index contributed by atoms with van der Waals surface area (Å²) < 4.78 is 5.13. The zero-order valence-electron chi connectivity index (χ0n) is 11.5. The van der Waals surface area contributed by atoms with Crippen molar-refractivity contribution in [2.24, 2.45) is 0 Å². The van der Waals surface area contributed by atoms with Gasteiger partial charge in [0.2, 0.25) is 5.91 Å². The highest BCUT2D eigenvalue weighted by Crippen LogP contribution is 2.15. The molecule has 0 aliphatic heterocycles. The lowest BCUT2D eigenvalue weighted by atomic mass is 10.3. The number of H-pyrrole nitrogens is 1. The molecular weight excluding hydrogens is 266 g/mol. The maximum absolute atomic E-state index is 11.9. The van der Waals surface area contributed by atoms with Gasteiger partial charge >= 0.3 is 0 Å². The summed E-state index contributed by atoms with van der Waals surface area (Å²) >= 11 is 0. The number of furan rings is 1. The molecule has 21 heavy (non-hydrogen) atoms. The molecule has 3 rings (SSSR count). The van der Waals surface area contributed by atoms with Crippen molar-refractivity contribution >= 4 is 23.0 Å². The summed E-state index contributed by atoms with van der Waals surface area (Å²) in [7, 11) is 0. The maximum Gasteiger partial charge on any atom is 0.244 e. The quantitative estimate of drug-likeness (QED) is 0.722. The fourth-order valence-corrected chi connectivity index (χ4v) is 2.05. The summed E-state index contributed by atoms with van der Waals surface area (Å²) in [5.41, 5.74) is 1.85. The highest BCUT2D eigenvalue weighted by Gasteiger charge is 2.12. The van der Waals surface area contributed by atoms with Crippen molar-refractivity contribution < 1.29 is 9.21 Å². The second-order valence-corrected chi connectivity index (χ2v) is 4.72. The van der Waals surface area contributed by atoms with Crippen LogP contribution in [0.4, 0.5) is 0 Å². The largest absolute Gasteiger partial charge is 0.465 e. The third-order valence-electron chi connectivity index (χ3n) is 3.12. The van der Waals surface area contributed by atoms with Gasteiger partial charge in [0, 0.05) is 6.08 Å². The van der Waals surface area contributed by atoms with Gasteiger partial charge in [-0.2, -0.15) is 0 Å². The normalized spacial score (nSPS) is 12.8. The molecule has 2 heterocycles. The van der Waals surface area contributed by atoms with Crippen molar-refractivity contribution in [3.63, 3.8) is 0 Å². The second kappa shape index (κ2) is 5.66. The number of hydrogen-bond acceptors (Lipinski definition) is 3. The van der Waals surface area contributed by atoms with E-state index in [1.165, 1.54) is 6.08 Å².